The van der Waals surface area contributed by atoms with Crippen LogP contribution in [0, 0.1) is 0 Å². The maximum absolute atomic E-state index is 11.6. The first-order valence-corrected chi connectivity index (χ1v) is 5.54. The number of furan rings is 1. The number of nitrogens with zero attached hydrogens (tertiary/aromatic N) is 2. The Morgan fingerprint density at radius 2 is 2.47 bits per heavy atom. The number of carbonyl (C=O) groups is 1. The Bertz CT molecular complexity index is 448. The molecule has 0 spiro atoms. The molecule has 0 aliphatic carbocycles. The molecule has 0 aliphatic rings. The van der Waals surface area contributed by atoms with Crippen LogP contribution in [-0.2, 0) is 11.3 Å². The molecule has 17 heavy (non-hydrogen) atoms. The Kier molecular flexibility index (Phi) is 3.59. The lowest BCUT2D eigenvalue weighted by Crippen LogP contribution is -2.25. The topological polar surface area (TPSA) is 60.1 Å². The van der Waals surface area contributed by atoms with E-state index in [0.717, 1.165) is 5.76 Å². The Morgan fingerprint density at radius 1 is 1.59 bits per heavy atom. The van der Waals surface area contributed by atoms with E-state index in [1.807, 2.05) is 25.3 Å². The summed E-state index contributed by atoms with van der Waals surface area (Å²) in [7, 11) is 0. The van der Waals surface area contributed by atoms with Crippen LogP contribution >= 0.6 is 0 Å². The van der Waals surface area contributed by atoms with Crippen molar-refractivity contribution in [2.24, 2.45) is 0 Å². The van der Waals surface area contributed by atoms with Crippen LogP contribution < -0.4 is 5.32 Å². The van der Waals surface area contributed by atoms with Gasteiger partial charge in [0.1, 0.15) is 5.76 Å². The van der Waals surface area contributed by atoms with E-state index in [-0.39, 0.29) is 11.9 Å². The van der Waals surface area contributed by atoms with Gasteiger partial charge in [-0.15, -0.1) is 0 Å². The second kappa shape index (κ2) is 5.34. The van der Waals surface area contributed by atoms with Crippen LogP contribution in [0.3, 0.4) is 0 Å². The quantitative estimate of drug-likeness (QED) is 0.855. The standard InChI is InChI=1S/C12H15N3O2/c1-10(15-6-3-5-14-15)8-12(16)13-9-11-4-2-7-17-11/h2-7,10H,8-9H2,1H3,(H,13,16). The number of nitrogens with one attached hydrogen (secondary N) is 1. The Hall–Kier alpha value is -2.04. The third-order valence-electron chi connectivity index (χ3n) is 2.50. The predicted molar refractivity (Wildman–Crippen MR) is 62.1 cm³/mol. The van der Waals surface area contributed by atoms with Crippen molar-refractivity contribution in [2.45, 2.75) is 25.9 Å². The van der Waals surface area contributed by atoms with Crippen LogP contribution in [0.5, 0.6) is 0 Å². The van der Waals surface area contributed by atoms with Gasteiger partial charge in [-0.3, -0.25) is 9.48 Å². The number of amides is 1. The first-order valence-electron chi connectivity index (χ1n) is 5.54. The third-order valence-corrected chi connectivity index (χ3v) is 2.50. The van der Waals surface area contributed by atoms with Gasteiger partial charge in [-0.2, -0.15) is 5.10 Å². The number of aromatic nitrogens is 2. The van der Waals surface area contributed by atoms with Crippen molar-refractivity contribution in [2.75, 3.05) is 0 Å². The highest BCUT2D eigenvalue weighted by Crippen LogP contribution is 2.08. The molecule has 90 valence electrons. The van der Waals surface area contributed by atoms with E-state index in [1.54, 1.807) is 23.2 Å². The smallest absolute Gasteiger partial charge is 0.222 e. The molecule has 2 rings (SSSR count). The molecule has 0 aliphatic heterocycles. The van der Waals surface area contributed by atoms with E-state index in [0.29, 0.717) is 13.0 Å². The van der Waals surface area contributed by atoms with Crippen LogP contribution in [0.4, 0.5) is 0 Å². The summed E-state index contributed by atoms with van der Waals surface area (Å²) in [5.41, 5.74) is 0. The summed E-state index contributed by atoms with van der Waals surface area (Å²) >= 11 is 0. The van der Waals surface area contributed by atoms with Crippen molar-refractivity contribution < 1.29 is 9.21 Å². The SMILES string of the molecule is CC(CC(=O)NCc1ccco1)n1cccn1. The largest absolute Gasteiger partial charge is 0.467 e. The average Bonchev–Trinajstić information content (AvgIpc) is 2.99. The zero-order valence-corrected chi connectivity index (χ0v) is 9.67. The maximum atomic E-state index is 11.6. The summed E-state index contributed by atoms with van der Waals surface area (Å²) in [5, 5.41) is 6.90. The molecule has 0 fully saturated rings. The van der Waals surface area contributed by atoms with Crippen LogP contribution in [0.2, 0.25) is 0 Å². The van der Waals surface area contributed by atoms with Gasteiger partial charge < -0.3 is 9.73 Å². The lowest BCUT2D eigenvalue weighted by molar-refractivity contribution is -0.122. The predicted octanol–water partition coefficient (Wildman–Crippen LogP) is 1.74. The number of carbonyl (C=O) groups excluding carboxylic acids is 1. The van der Waals surface area contributed by atoms with Crippen molar-refractivity contribution in [3.8, 4) is 0 Å². The monoisotopic (exact) mass is 233 g/mol. The molecule has 2 heterocycles. The number of rotatable bonds is 5. The van der Waals surface area contributed by atoms with E-state index in [2.05, 4.69) is 10.4 Å². The highest BCUT2D eigenvalue weighted by molar-refractivity contribution is 5.76. The molecule has 0 radical (unpaired) electrons. The van der Waals surface area contributed by atoms with Gasteiger partial charge in [0.25, 0.3) is 0 Å². The van der Waals surface area contributed by atoms with Crippen molar-refractivity contribution in [1.29, 1.82) is 0 Å². The Morgan fingerprint density at radius 3 is 3.12 bits per heavy atom. The lowest BCUT2D eigenvalue weighted by Gasteiger charge is -2.11. The van der Waals surface area contributed by atoms with Gasteiger partial charge in [-0.1, -0.05) is 0 Å². The molecular weight excluding hydrogens is 218 g/mol. The van der Waals surface area contributed by atoms with Gasteiger partial charge in [0.15, 0.2) is 0 Å². The highest BCUT2D eigenvalue weighted by atomic mass is 16.3. The van der Waals surface area contributed by atoms with Crippen molar-refractivity contribution in [3.05, 3.63) is 42.6 Å². The molecule has 2 aromatic rings. The summed E-state index contributed by atoms with van der Waals surface area (Å²) in [6.07, 6.45) is 5.55. The lowest BCUT2D eigenvalue weighted by atomic mass is 10.2. The average molecular weight is 233 g/mol. The molecule has 2 aromatic heterocycles. The minimum atomic E-state index is -0.00981. The van der Waals surface area contributed by atoms with Crippen LogP contribution in [0.1, 0.15) is 25.1 Å². The Balaban J connectivity index is 1.77. The molecule has 0 bridgehead atoms. The van der Waals surface area contributed by atoms with Crippen molar-refractivity contribution in [1.82, 2.24) is 15.1 Å². The van der Waals surface area contributed by atoms with E-state index in [1.165, 1.54) is 0 Å². The fourth-order valence-electron chi connectivity index (χ4n) is 1.57. The van der Waals surface area contributed by atoms with Crippen LogP contribution in [-0.4, -0.2) is 15.7 Å². The third kappa shape index (κ3) is 3.21. The Labute approximate surface area is 99.4 Å². The molecular formula is C12H15N3O2. The second-order valence-electron chi connectivity index (χ2n) is 3.90. The fourth-order valence-corrected chi connectivity index (χ4v) is 1.57. The summed E-state index contributed by atoms with van der Waals surface area (Å²) in [6.45, 7) is 2.39. The summed E-state index contributed by atoms with van der Waals surface area (Å²) in [6, 6.07) is 5.53. The van der Waals surface area contributed by atoms with Gasteiger partial charge in [0.05, 0.1) is 18.8 Å². The summed E-state index contributed by atoms with van der Waals surface area (Å²) in [5.74, 6) is 0.745. The molecule has 1 atom stereocenters. The molecule has 1 N–H and O–H groups in total. The highest BCUT2D eigenvalue weighted by Gasteiger charge is 2.10. The van der Waals surface area contributed by atoms with E-state index >= 15 is 0 Å². The minimum Gasteiger partial charge on any atom is -0.467 e. The number of hydrogen-bond acceptors (Lipinski definition) is 3. The van der Waals surface area contributed by atoms with E-state index in [9.17, 15) is 4.79 Å². The minimum absolute atomic E-state index is 0.00981. The van der Waals surface area contributed by atoms with Crippen LogP contribution in [0.15, 0.2) is 41.3 Å². The maximum Gasteiger partial charge on any atom is 0.222 e. The fraction of sp³-hybridized carbons (Fsp3) is 0.333. The molecule has 0 aromatic carbocycles. The van der Waals surface area contributed by atoms with Gasteiger partial charge in [0, 0.05) is 18.8 Å². The van der Waals surface area contributed by atoms with Gasteiger partial charge in [-0.05, 0) is 25.1 Å². The first-order chi connectivity index (χ1) is 8.25. The summed E-state index contributed by atoms with van der Waals surface area (Å²) < 4.78 is 6.90. The van der Waals surface area contributed by atoms with Gasteiger partial charge in [-0.25, -0.2) is 0 Å². The molecule has 0 saturated carbocycles. The van der Waals surface area contributed by atoms with E-state index < -0.39 is 0 Å². The first kappa shape index (κ1) is 11.4. The van der Waals surface area contributed by atoms with Gasteiger partial charge in [0.2, 0.25) is 5.91 Å². The molecule has 1 amide bonds. The zero-order valence-electron chi connectivity index (χ0n) is 9.67. The molecule has 0 saturated heterocycles. The van der Waals surface area contributed by atoms with Crippen LogP contribution in [0.25, 0.3) is 0 Å². The molecule has 5 heteroatoms. The van der Waals surface area contributed by atoms with Crippen molar-refractivity contribution >= 4 is 5.91 Å². The van der Waals surface area contributed by atoms with Crippen molar-refractivity contribution in [3.63, 3.8) is 0 Å². The molecule has 1 unspecified atom stereocenters. The van der Waals surface area contributed by atoms with E-state index in [4.69, 9.17) is 4.42 Å². The van der Waals surface area contributed by atoms with Gasteiger partial charge >= 0.3 is 0 Å². The second-order valence-corrected chi connectivity index (χ2v) is 3.90. The summed E-state index contributed by atoms with van der Waals surface area (Å²) in [4.78, 5) is 11.6. The normalized spacial score (nSPS) is 12.3. The number of hydrogen-bond donors (Lipinski definition) is 1. The molecule has 5 nitrogen and oxygen atoms in total. The zero-order chi connectivity index (χ0) is 12.1.